The summed E-state index contributed by atoms with van der Waals surface area (Å²) in [5.41, 5.74) is 3.07. The quantitative estimate of drug-likeness (QED) is 0.924. The Morgan fingerprint density at radius 2 is 1.83 bits per heavy atom. The first kappa shape index (κ1) is 17.5. The van der Waals surface area contributed by atoms with Crippen LogP contribution in [0.4, 0.5) is 0 Å². The smallest absolute Gasteiger partial charge is 0.255 e. The van der Waals surface area contributed by atoms with E-state index in [2.05, 4.69) is 30.2 Å². The summed E-state index contributed by atoms with van der Waals surface area (Å²) in [6.07, 6.45) is 2.94. The second kappa shape index (κ2) is 6.89. The Kier molecular flexibility index (Phi) is 5.02. The van der Waals surface area contributed by atoms with Crippen molar-refractivity contribution >= 4 is 5.91 Å². The maximum Gasteiger partial charge on any atom is 0.255 e. The minimum Gasteiger partial charge on any atom is -0.391 e. The van der Waals surface area contributed by atoms with E-state index in [1.807, 2.05) is 17.9 Å². The second-order valence-electron chi connectivity index (χ2n) is 7.64. The van der Waals surface area contributed by atoms with Crippen molar-refractivity contribution in [2.45, 2.75) is 65.1 Å². The zero-order chi connectivity index (χ0) is 17.4. The third kappa shape index (κ3) is 3.11. The third-order valence-electron chi connectivity index (χ3n) is 5.75. The van der Waals surface area contributed by atoms with Crippen LogP contribution in [0.1, 0.15) is 60.9 Å². The fraction of sp³-hybridized carbons (Fsp3) is 0.737. The predicted octanol–water partition coefficient (Wildman–Crippen LogP) is 2.36. The Balaban J connectivity index is 1.66. The molecule has 1 amide bonds. The van der Waals surface area contributed by atoms with Gasteiger partial charge in [0.15, 0.2) is 0 Å². The van der Waals surface area contributed by atoms with Crippen LogP contribution >= 0.6 is 0 Å². The van der Waals surface area contributed by atoms with Crippen LogP contribution in [-0.4, -0.2) is 63.7 Å². The van der Waals surface area contributed by atoms with Gasteiger partial charge in [0, 0.05) is 49.7 Å². The fourth-order valence-electron chi connectivity index (χ4n) is 4.56. The van der Waals surface area contributed by atoms with E-state index in [1.165, 1.54) is 0 Å². The zero-order valence-electron chi connectivity index (χ0n) is 15.5. The highest BCUT2D eigenvalue weighted by atomic mass is 16.3. The molecule has 2 aliphatic rings. The molecule has 2 heterocycles. The van der Waals surface area contributed by atoms with Crippen molar-refractivity contribution in [3.8, 4) is 0 Å². The van der Waals surface area contributed by atoms with Gasteiger partial charge in [0.2, 0.25) is 0 Å². The lowest BCUT2D eigenvalue weighted by atomic mass is 10.1. The van der Waals surface area contributed by atoms with E-state index in [-0.39, 0.29) is 12.0 Å². The lowest BCUT2D eigenvalue weighted by Gasteiger charge is -2.39. The first-order valence-corrected chi connectivity index (χ1v) is 9.30. The number of piperazine rings is 1. The van der Waals surface area contributed by atoms with Crippen molar-refractivity contribution in [1.29, 1.82) is 0 Å². The molecule has 1 saturated heterocycles. The van der Waals surface area contributed by atoms with E-state index in [4.69, 9.17) is 0 Å². The van der Waals surface area contributed by atoms with Gasteiger partial charge >= 0.3 is 0 Å². The minimum atomic E-state index is -0.183. The number of aromatic nitrogens is 1. The average Bonchev–Trinajstić information content (AvgIpc) is 3.10. The molecular weight excluding hydrogens is 302 g/mol. The van der Waals surface area contributed by atoms with Crippen molar-refractivity contribution in [2.75, 3.05) is 26.2 Å². The van der Waals surface area contributed by atoms with E-state index in [1.54, 1.807) is 0 Å². The van der Waals surface area contributed by atoms with E-state index in [0.717, 1.165) is 62.4 Å². The molecule has 1 aliphatic heterocycles. The highest BCUT2D eigenvalue weighted by Gasteiger charge is 2.34. The molecule has 1 aromatic rings. The molecule has 2 atom stereocenters. The van der Waals surface area contributed by atoms with Crippen LogP contribution in [0, 0.1) is 13.8 Å². The monoisotopic (exact) mass is 333 g/mol. The zero-order valence-corrected chi connectivity index (χ0v) is 15.5. The van der Waals surface area contributed by atoms with Crippen molar-refractivity contribution < 1.29 is 9.90 Å². The number of nitrogens with zero attached hydrogens (tertiary/aromatic N) is 3. The van der Waals surface area contributed by atoms with Gasteiger partial charge in [-0.3, -0.25) is 9.69 Å². The highest BCUT2D eigenvalue weighted by Crippen LogP contribution is 2.26. The minimum absolute atomic E-state index is 0.154. The maximum atomic E-state index is 12.9. The molecule has 1 aromatic heterocycles. The summed E-state index contributed by atoms with van der Waals surface area (Å²) >= 11 is 0. The standard InChI is InChI=1S/C19H31N3O2/c1-13(2)22-14(3)12-16(15(22)4)19(24)21-10-8-20(9-11-21)17-6-5-7-18(17)23/h12-13,17-18,23H,5-11H2,1-4H3/t17-,18-/m1/s1. The average molecular weight is 333 g/mol. The Hall–Kier alpha value is -1.33. The molecule has 5 nitrogen and oxygen atoms in total. The normalized spacial score (nSPS) is 25.7. The number of hydrogen-bond acceptors (Lipinski definition) is 3. The molecule has 0 bridgehead atoms. The summed E-state index contributed by atoms with van der Waals surface area (Å²) in [6.45, 7) is 11.7. The number of carbonyl (C=O) groups is 1. The molecule has 1 N–H and O–H groups in total. The molecule has 0 radical (unpaired) electrons. The van der Waals surface area contributed by atoms with Crippen LogP contribution in [-0.2, 0) is 0 Å². The molecule has 134 valence electrons. The first-order valence-electron chi connectivity index (χ1n) is 9.30. The first-order chi connectivity index (χ1) is 11.4. The molecule has 1 saturated carbocycles. The van der Waals surface area contributed by atoms with Crippen LogP contribution in [0.5, 0.6) is 0 Å². The lowest BCUT2D eigenvalue weighted by Crippen LogP contribution is -2.53. The summed E-state index contributed by atoms with van der Waals surface area (Å²) in [4.78, 5) is 17.3. The van der Waals surface area contributed by atoms with Crippen LogP contribution in [0.2, 0.25) is 0 Å². The molecule has 1 aliphatic carbocycles. The van der Waals surface area contributed by atoms with E-state index in [9.17, 15) is 9.90 Å². The van der Waals surface area contributed by atoms with Gasteiger partial charge < -0.3 is 14.6 Å². The van der Waals surface area contributed by atoms with E-state index < -0.39 is 0 Å². The van der Waals surface area contributed by atoms with Gasteiger partial charge in [-0.2, -0.15) is 0 Å². The molecule has 24 heavy (non-hydrogen) atoms. The fourth-order valence-corrected chi connectivity index (χ4v) is 4.56. The Morgan fingerprint density at radius 1 is 1.17 bits per heavy atom. The number of aryl methyl sites for hydroxylation is 1. The van der Waals surface area contributed by atoms with Gasteiger partial charge in [0.25, 0.3) is 5.91 Å². The van der Waals surface area contributed by atoms with Crippen LogP contribution in [0.15, 0.2) is 6.07 Å². The number of carbonyl (C=O) groups excluding carboxylic acids is 1. The number of aliphatic hydroxyl groups is 1. The van der Waals surface area contributed by atoms with Gasteiger partial charge in [-0.25, -0.2) is 0 Å². The SMILES string of the molecule is Cc1cc(C(=O)N2CCN([C@@H]3CCC[C@H]3O)CC2)c(C)n1C(C)C. The van der Waals surface area contributed by atoms with Gasteiger partial charge in [-0.15, -0.1) is 0 Å². The second-order valence-corrected chi connectivity index (χ2v) is 7.64. The third-order valence-corrected chi connectivity index (χ3v) is 5.75. The molecule has 5 heteroatoms. The largest absolute Gasteiger partial charge is 0.391 e. The highest BCUT2D eigenvalue weighted by molar-refractivity contribution is 5.95. The predicted molar refractivity (Wildman–Crippen MR) is 95.4 cm³/mol. The number of aliphatic hydroxyl groups excluding tert-OH is 1. The number of hydrogen-bond donors (Lipinski definition) is 1. The van der Waals surface area contributed by atoms with Crippen LogP contribution in [0.3, 0.4) is 0 Å². The topological polar surface area (TPSA) is 48.7 Å². The Morgan fingerprint density at radius 3 is 2.33 bits per heavy atom. The van der Waals surface area contributed by atoms with Gasteiger partial charge in [0.1, 0.15) is 0 Å². The summed E-state index contributed by atoms with van der Waals surface area (Å²) < 4.78 is 2.23. The molecule has 0 spiro atoms. The summed E-state index contributed by atoms with van der Waals surface area (Å²) in [5, 5.41) is 10.1. The lowest BCUT2D eigenvalue weighted by molar-refractivity contribution is 0.0315. The van der Waals surface area contributed by atoms with Gasteiger partial charge in [-0.05, 0) is 53.0 Å². The molecule has 2 fully saturated rings. The Labute approximate surface area is 145 Å². The van der Waals surface area contributed by atoms with Gasteiger partial charge in [-0.1, -0.05) is 0 Å². The van der Waals surface area contributed by atoms with Crippen molar-refractivity contribution in [3.05, 3.63) is 23.0 Å². The molecule has 0 unspecified atom stereocenters. The molecule has 3 rings (SSSR count). The number of rotatable bonds is 3. The van der Waals surface area contributed by atoms with Crippen molar-refractivity contribution in [2.24, 2.45) is 0 Å². The molecule has 0 aromatic carbocycles. The maximum absolute atomic E-state index is 12.9. The van der Waals surface area contributed by atoms with E-state index in [0.29, 0.717) is 12.1 Å². The van der Waals surface area contributed by atoms with Crippen molar-refractivity contribution in [3.63, 3.8) is 0 Å². The van der Waals surface area contributed by atoms with Crippen LogP contribution < -0.4 is 0 Å². The van der Waals surface area contributed by atoms with E-state index >= 15 is 0 Å². The van der Waals surface area contributed by atoms with Crippen LogP contribution in [0.25, 0.3) is 0 Å². The van der Waals surface area contributed by atoms with Crippen molar-refractivity contribution in [1.82, 2.24) is 14.4 Å². The summed E-state index contributed by atoms with van der Waals surface area (Å²) in [7, 11) is 0. The van der Waals surface area contributed by atoms with Gasteiger partial charge in [0.05, 0.1) is 11.7 Å². The number of amides is 1. The summed E-state index contributed by atoms with van der Waals surface area (Å²) in [5.74, 6) is 0.154. The molecular formula is C19H31N3O2. The summed E-state index contributed by atoms with van der Waals surface area (Å²) in [6, 6.07) is 2.70. The Bertz CT molecular complexity index is 600.